The molecule has 0 aromatic rings. The number of ether oxygens (including phenoxy) is 2. The van der Waals surface area contributed by atoms with E-state index in [4.69, 9.17) is 9.47 Å². The Hall–Kier alpha value is -0.320. The maximum atomic E-state index is 6.22. The third-order valence-electron chi connectivity index (χ3n) is 6.52. The van der Waals surface area contributed by atoms with E-state index >= 15 is 0 Å². The van der Waals surface area contributed by atoms with Crippen molar-refractivity contribution in [1.82, 2.24) is 31.5 Å². The van der Waals surface area contributed by atoms with Crippen LogP contribution in [0.2, 0.25) is 0 Å². The van der Waals surface area contributed by atoms with Gasteiger partial charge in [0.2, 0.25) is 0 Å². The average molecular weight is 383 g/mol. The van der Waals surface area contributed by atoms with Crippen LogP contribution in [0.3, 0.4) is 0 Å². The van der Waals surface area contributed by atoms with Gasteiger partial charge in [0.05, 0.1) is 31.6 Å². The number of hydrogen-bond donors (Lipinski definition) is 5. The largest absolute Gasteiger partial charge is 0.373 e. The number of rotatable bonds is 4. The first kappa shape index (κ1) is 20.0. The van der Waals surface area contributed by atoms with Crippen molar-refractivity contribution < 1.29 is 9.47 Å². The average Bonchev–Trinajstić information content (AvgIpc) is 2.96. The summed E-state index contributed by atoms with van der Waals surface area (Å²) in [6.45, 7) is 8.14. The molecule has 156 valence electrons. The maximum absolute atomic E-state index is 6.22. The van der Waals surface area contributed by atoms with Crippen molar-refractivity contribution in [3.05, 3.63) is 0 Å². The van der Waals surface area contributed by atoms with E-state index in [1.165, 1.54) is 6.42 Å². The smallest absolute Gasteiger partial charge is 0.113 e. The van der Waals surface area contributed by atoms with Gasteiger partial charge in [-0.2, -0.15) is 0 Å². The molecule has 3 saturated heterocycles. The summed E-state index contributed by atoms with van der Waals surface area (Å²) in [7, 11) is 2.02. The molecule has 27 heavy (non-hydrogen) atoms. The molecule has 4 aliphatic rings. The van der Waals surface area contributed by atoms with Crippen molar-refractivity contribution in [2.75, 3.05) is 46.4 Å². The Morgan fingerprint density at radius 1 is 1.00 bits per heavy atom. The molecule has 0 radical (unpaired) electrons. The zero-order valence-corrected chi connectivity index (χ0v) is 16.9. The molecule has 3 heterocycles. The molecule has 4 fully saturated rings. The van der Waals surface area contributed by atoms with E-state index in [1.54, 1.807) is 0 Å². The molecule has 0 amide bonds. The molecule has 8 nitrogen and oxygen atoms in total. The van der Waals surface area contributed by atoms with E-state index in [-0.39, 0.29) is 18.5 Å². The highest BCUT2D eigenvalue weighted by atomic mass is 16.6. The van der Waals surface area contributed by atoms with E-state index in [2.05, 4.69) is 38.4 Å². The number of fused-ring (bicyclic) bond motifs is 1. The van der Waals surface area contributed by atoms with Crippen LogP contribution >= 0.6 is 0 Å². The molecule has 7 unspecified atom stereocenters. The summed E-state index contributed by atoms with van der Waals surface area (Å²) in [5.74, 6) is 0. The van der Waals surface area contributed by atoms with Crippen LogP contribution in [0.5, 0.6) is 0 Å². The molecule has 1 aliphatic carbocycles. The molecule has 0 aromatic carbocycles. The van der Waals surface area contributed by atoms with Crippen LogP contribution in [0.15, 0.2) is 0 Å². The maximum Gasteiger partial charge on any atom is 0.113 e. The van der Waals surface area contributed by atoms with Gasteiger partial charge in [-0.3, -0.25) is 20.9 Å². The first-order valence-electron chi connectivity index (χ1n) is 10.9. The molecule has 3 aliphatic heterocycles. The molecule has 1 saturated carbocycles. The van der Waals surface area contributed by atoms with Crippen LogP contribution < -0.4 is 26.6 Å². The Balaban J connectivity index is 1.42. The Kier molecular flexibility index (Phi) is 6.99. The molecular weight excluding hydrogens is 344 g/mol. The van der Waals surface area contributed by atoms with Gasteiger partial charge in [-0.1, -0.05) is 0 Å². The molecule has 8 heteroatoms. The lowest BCUT2D eigenvalue weighted by Gasteiger charge is -2.49. The fraction of sp³-hybridized carbons (Fsp3) is 1.00. The molecule has 0 aromatic heterocycles. The summed E-state index contributed by atoms with van der Waals surface area (Å²) in [5, 5.41) is 18.0. The van der Waals surface area contributed by atoms with Gasteiger partial charge in [-0.15, -0.1) is 0 Å². The van der Waals surface area contributed by atoms with E-state index in [0.29, 0.717) is 24.3 Å². The van der Waals surface area contributed by atoms with Gasteiger partial charge in [-0.25, -0.2) is 0 Å². The first-order valence-corrected chi connectivity index (χ1v) is 10.9. The predicted molar refractivity (Wildman–Crippen MR) is 105 cm³/mol. The lowest BCUT2D eigenvalue weighted by atomic mass is 9.84. The summed E-state index contributed by atoms with van der Waals surface area (Å²) in [4.78, 5) is 2.64. The highest BCUT2D eigenvalue weighted by Crippen LogP contribution is 2.31. The second-order valence-corrected chi connectivity index (χ2v) is 8.53. The van der Waals surface area contributed by atoms with Crippen molar-refractivity contribution >= 4 is 0 Å². The molecule has 4 rings (SSSR count). The van der Waals surface area contributed by atoms with E-state index in [0.717, 1.165) is 58.7 Å². The second kappa shape index (κ2) is 9.45. The van der Waals surface area contributed by atoms with Crippen molar-refractivity contribution in [3.63, 3.8) is 0 Å². The summed E-state index contributed by atoms with van der Waals surface area (Å²) < 4.78 is 12.4. The van der Waals surface area contributed by atoms with Gasteiger partial charge in [0, 0.05) is 31.2 Å². The Morgan fingerprint density at radius 2 is 1.89 bits per heavy atom. The standard InChI is InChI=1S/C19H38N6O2/c1-13-10-17(20-2)24-19(22-13)23-14-11-15(25-6-3-4-21-5-7-25)18-16(12-14)26-8-9-27-18/h13-24H,3-12H2,1-2H3. The van der Waals surface area contributed by atoms with Gasteiger partial charge < -0.3 is 20.1 Å². The van der Waals surface area contributed by atoms with Crippen LogP contribution in [0.1, 0.15) is 32.6 Å². The van der Waals surface area contributed by atoms with Crippen LogP contribution in [0.4, 0.5) is 0 Å². The monoisotopic (exact) mass is 382 g/mol. The second-order valence-electron chi connectivity index (χ2n) is 8.53. The third-order valence-corrected chi connectivity index (χ3v) is 6.52. The fourth-order valence-electron chi connectivity index (χ4n) is 5.20. The summed E-state index contributed by atoms with van der Waals surface area (Å²) in [5.41, 5.74) is 0. The lowest BCUT2D eigenvalue weighted by molar-refractivity contribution is -0.183. The quantitative estimate of drug-likeness (QED) is 0.423. The topological polar surface area (TPSA) is 81.8 Å². The van der Waals surface area contributed by atoms with Gasteiger partial charge in [0.25, 0.3) is 0 Å². The molecule has 0 spiro atoms. The third kappa shape index (κ3) is 5.00. The minimum Gasteiger partial charge on any atom is -0.373 e. The van der Waals surface area contributed by atoms with Gasteiger partial charge >= 0.3 is 0 Å². The zero-order valence-electron chi connectivity index (χ0n) is 16.9. The SMILES string of the molecule is CNC1CC(C)NC(NC2CC3OCCOC3C(N3CCCNCC3)C2)N1. The molecule has 7 atom stereocenters. The van der Waals surface area contributed by atoms with Crippen molar-refractivity contribution in [1.29, 1.82) is 0 Å². The number of nitrogens with one attached hydrogen (secondary N) is 5. The van der Waals surface area contributed by atoms with Crippen LogP contribution in [0.25, 0.3) is 0 Å². The summed E-state index contributed by atoms with van der Waals surface area (Å²) >= 11 is 0. The van der Waals surface area contributed by atoms with E-state index in [9.17, 15) is 0 Å². The van der Waals surface area contributed by atoms with E-state index in [1.807, 2.05) is 7.05 Å². The number of hydrogen-bond acceptors (Lipinski definition) is 8. The normalized spacial score (nSPS) is 44.4. The lowest BCUT2D eigenvalue weighted by Crippen LogP contribution is -2.69. The fourth-order valence-corrected chi connectivity index (χ4v) is 5.20. The van der Waals surface area contributed by atoms with Gasteiger partial charge in [0.1, 0.15) is 6.29 Å². The Labute approximate surface area is 163 Å². The first-order chi connectivity index (χ1) is 13.2. The van der Waals surface area contributed by atoms with Crippen LogP contribution in [-0.2, 0) is 9.47 Å². The summed E-state index contributed by atoms with van der Waals surface area (Å²) in [6.07, 6.45) is 5.32. The summed E-state index contributed by atoms with van der Waals surface area (Å²) in [6, 6.07) is 1.34. The molecule has 5 N–H and O–H groups in total. The highest BCUT2D eigenvalue weighted by molar-refractivity contribution is 4.99. The minimum atomic E-state index is 0.128. The van der Waals surface area contributed by atoms with E-state index < -0.39 is 0 Å². The Morgan fingerprint density at radius 3 is 2.78 bits per heavy atom. The van der Waals surface area contributed by atoms with Gasteiger partial charge in [0.15, 0.2) is 0 Å². The highest BCUT2D eigenvalue weighted by Gasteiger charge is 2.44. The van der Waals surface area contributed by atoms with Gasteiger partial charge in [-0.05, 0) is 52.7 Å². The van der Waals surface area contributed by atoms with Crippen LogP contribution in [0, 0.1) is 0 Å². The zero-order chi connectivity index (χ0) is 18.6. The van der Waals surface area contributed by atoms with Crippen molar-refractivity contribution in [2.45, 2.75) is 75.4 Å². The molecule has 0 bridgehead atoms. The predicted octanol–water partition coefficient (Wildman–Crippen LogP) is -1.01. The molecular formula is C19H38N6O2. The minimum absolute atomic E-state index is 0.128. The van der Waals surface area contributed by atoms with Crippen molar-refractivity contribution in [2.24, 2.45) is 0 Å². The Bertz CT molecular complexity index is 461. The van der Waals surface area contributed by atoms with Crippen LogP contribution in [-0.4, -0.2) is 94.1 Å². The van der Waals surface area contributed by atoms with Crippen molar-refractivity contribution in [3.8, 4) is 0 Å². The number of nitrogens with zero attached hydrogens (tertiary/aromatic N) is 1.